The van der Waals surface area contributed by atoms with Crippen molar-refractivity contribution in [2.24, 2.45) is 5.92 Å². The zero-order valence-electron chi connectivity index (χ0n) is 23.5. The molecule has 2 unspecified atom stereocenters. The van der Waals surface area contributed by atoms with Gasteiger partial charge in [-0.15, -0.1) is 13.2 Å². The molecule has 1 N–H and O–H groups in total. The molecule has 3 aliphatic carbocycles. The van der Waals surface area contributed by atoms with E-state index in [4.69, 9.17) is 4.74 Å². The smallest absolute Gasteiger partial charge is 0.504 e. The maximum atomic E-state index is 13.5. The van der Waals surface area contributed by atoms with E-state index in [1.165, 1.54) is 35.3 Å². The van der Waals surface area contributed by atoms with Crippen LogP contribution in [-0.2, 0) is 16.6 Å². The standard InChI is InChI=1S/C31H32F3N3O6/c1-35(25(39)10-7-18-3-2-4-21(15-18)43-31(32,33)34)22-11-12-30(37(40)41)24-16-20-8-9-23(38)27-26(20)29(30,28(22)42-27)13-14-36(24)17-19-5-6-19/h2-4,7-10,15,19,22,24,28,38H,5-6,11-14,16-17H2,1H3/b10-7+/t22?,24-,28?,29+,30-/m1/s1. The van der Waals surface area contributed by atoms with Crippen molar-refractivity contribution in [3.05, 3.63) is 69.3 Å². The summed E-state index contributed by atoms with van der Waals surface area (Å²) in [6, 6.07) is 7.90. The molecule has 1 spiro atoms. The van der Waals surface area contributed by atoms with E-state index in [9.17, 15) is 33.2 Å². The number of benzene rings is 2. The van der Waals surface area contributed by atoms with Crippen LogP contribution in [0.3, 0.4) is 0 Å². The number of phenols is 1. The number of likely N-dealkylation sites (N-methyl/N-ethyl adjacent to an activating group) is 1. The van der Waals surface area contributed by atoms with Gasteiger partial charge in [0.2, 0.25) is 5.91 Å². The fourth-order valence-electron chi connectivity index (χ4n) is 8.49. The number of phenolic OH excluding ortho intramolecular Hbond substituents is 1. The first-order valence-electron chi connectivity index (χ1n) is 14.7. The lowest BCUT2D eigenvalue weighted by Gasteiger charge is -2.61. The molecule has 2 heterocycles. The monoisotopic (exact) mass is 599 g/mol. The Kier molecular flexibility index (Phi) is 6.25. The topological polar surface area (TPSA) is 105 Å². The number of hydrogen-bond acceptors (Lipinski definition) is 7. The van der Waals surface area contributed by atoms with Gasteiger partial charge >= 0.3 is 6.36 Å². The molecule has 1 amide bonds. The van der Waals surface area contributed by atoms with E-state index in [-0.39, 0.29) is 28.9 Å². The van der Waals surface area contributed by atoms with E-state index < -0.39 is 41.1 Å². The van der Waals surface area contributed by atoms with E-state index in [2.05, 4.69) is 9.64 Å². The van der Waals surface area contributed by atoms with Gasteiger partial charge in [0, 0.05) is 36.6 Å². The number of piperidine rings is 1. The van der Waals surface area contributed by atoms with Crippen molar-refractivity contribution in [2.45, 2.75) is 74.0 Å². The van der Waals surface area contributed by atoms with Gasteiger partial charge in [0.05, 0.1) is 12.1 Å². The fourth-order valence-corrected chi connectivity index (χ4v) is 8.49. The van der Waals surface area contributed by atoms with Gasteiger partial charge in [-0.1, -0.05) is 18.2 Å². The summed E-state index contributed by atoms with van der Waals surface area (Å²) in [4.78, 5) is 30.5. The van der Waals surface area contributed by atoms with Crippen LogP contribution < -0.4 is 9.47 Å². The number of ether oxygens (including phenoxy) is 2. The molecular weight excluding hydrogens is 567 g/mol. The Morgan fingerprint density at radius 3 is 2.77 bits per heavy atom. The molecule has 12 heteroatoms. The van der Waals surface area contributed by atoms with Gasteiger partial charge in [-0.05, 0) is 80.0 Å². The highest BCUT2D eigenvalue weighted by Gasteiger charge is 2.80. The Labute approximate surface area is 246 Å². The van der Waals surface area contributed by atoms with Crippen LogP contribution in [0.15, 0.2) is 42.5 Å². The summed E-state index contributed by atoms with van der Waals surface area (Å²) in [5, 5.41) is 24.2. The predicted molar refractivity (Wildman–Crippen MR) is 148 cm³/mol. The number of alkyl halides is 3. The van der Waals surface area contributed by atoms with E-state index in [1.807, 2.05) is 6.07 Å². The Bertz CT molecular complexity index is 1530. The second-order valence-corrected chi connectivity index (χ2v) is 12.6. The largest absolute Gasteiger partial charge is 0.573 e. The van der Waals surface area contributed by atoms with Gasteiger partial charge in [-0.25, -0.2) is 0 Å². The van der Waals surface area contributed by atoms with Gasteiger partial charge in [0.15, 0.2) is 11.5 Å². The molecule has 9 nitrogen and oxygen atoms in total. The van der Waals surface area contributed by atoms with Crippen LogP contribution in [0.1, 0.15) is 48.8 Å². The first-order chi connectivity index (χ1) is 20.4. The lowest BCUT2D eigenvalue weighted by Crippen LogP contribution is -2.80. The van der Waals surface area contributed by atoms with E-state index in [0.29, 0.717) is 37.3 Å². The number of aromatic hydroxyl groups is 1. The van der Waals surface area contributed by atoms with Crippen LogP contribution in [0, 0.1) is 16.0 Å². The minimum Gasteiger partial charge on any atom is -0.504 e. The first kappa shape index (κ1) is 28.0. The third-order valence-electron chi connectivity index (χ3n) is 10.4. The van der Waals surface area contributed by atoms with Crippen molar-refractivity contribution < 1.29 is 37.5 Å². The molecule has 5 atom stereocenters. The van der Waals surface area contributed by atoms with Crippen LogP contribution in [0.2, 0.25) is 0 Å². The van der Waals surface area contributed by atoms with Gasteiger partial charge < -0.3 is 19.5 Å². The van der Waals surface area contributed by atoms with E-state index >= 15 is 0 Å². The Morgan fingerprint density at radius 2 is 2.05 bits per heavy atom. The molecule has 1 saturated heterocycles. The second-order valence-electron chi connectivity index (χ2n) is 12.6. The molecular formula is C31H32F3N3O6. The van der Waals surface area contributed by atoms with Gasteiger partial charge in [0.25, 0.3) is 5.54 Å². The van der Waals surface area contributed by atoms with Crippen molar-refractivity contribution >= 4 is 12.0 Å². The molecule has 7 rings (SSSR count). The molecule has 2 saturated carbocycles. The van der Waals surface area contributed by atoms with Crippen molar-refractivity contribution in [1.82, 2.24) is 9.80 Å². The highest BCUT2D eigenvalue weighted by atomic mass is 19.4. The lowest BCUT2D eigenvalue weighted by molar-refractivity contribution is -0.606. The van der Waals surface area contributed by atoms with Crippen molar-refractivity contribution in [3.8, 4) is 17.2 Å². The molecule has 0 aromatic heterocycles. The summed E-state index contributed by atoms with van der Waals surface area (Å²) in [5.41, 5.74) is -0.331. The molecule has 0 radical (unpaired) electrons. The minimum atomic E-state index is -4.84. The maximum Gasteiger partial charge on any atom is 0.573 e. The number of nitrogens with zero attached hydrogens (tertiary/aromatic N) is 3. The number of carbonyl (C=O) groups excluding carboxylic acids is 1. The summed E-state index contributed by atoms with van der Waals surface area (Å²) in [6.07, 6.45) is 0.948. The molecule has 2 aliphatic heterocycles. The number of likely N-dealkylation sites (tertiary alicyclic amines) is 1. The molecule has 43 heavy (non-hydrogen) atoms. The van der Waals surface area contributed by atoms with Crippen LogP contribution in [0.25, 0.3) is 6.08 Å². The van der Waals surface area contributed by atoms with Crippen LogP contribution in [-0.4, -0.2) is 76.0 Å². The first-order valence-corrected chi connectivity index (χ1v) is 14.7. The zero-order chi connectivity index (χ0) is 30.3. The quantitative estimate of drug-likeness (QED) is 0.280. The van der Waals surface area contributed by atoms with Crippen LogP contribution in [0.4, 0.5) is 13.2 Å². The molecule has 2 bridgehead atoms. The van der Waals surface area contributed by atoms with Crippen LogP contribution >= 0.6 is 0 Å². The molecule has 2 aromatic carbocycles. The highest BCUT2D eigenvalue weighted by molar-refractivity contribution is 5.92. The molecule has 5 aliphatic rings. The Hall–Kier alpha value is -3.80. The summed E-state index contributed by atoms with van der Waals surface area (Å²) in [7, 11) is 1.62. The average molecular weight is 600 g/mol. The lowest BCUT2D eigenvalue weighted by atomic mass is 9.46. The number of nitro groups is 1. The van der Waals surface area contributed by atoms with E-state index in [0.717, 1.165) is 30.5 Å². The predicted octanol–water partition coefficient (Wildman–Crippen LogP) is 4.68. The summed E-state index contributed by atoms with van der Waals surface area (Å²) >= 11 is 0. The van der Waals surface area contributed by atoms with Gasteiger partial charge in [-0.2, -0.15) is 0 Å². The minimum absolute atomic E-state index is 0.0628. The SMILES string of the molecule is CN(C(=O)/C=C/c1cccc(OC(F)(F)F)c1)C1CC[C@@]2([N+](=O)[O-])[C@H]3Cc4ccc(O)c5c4[C@@]2(CCN3CC2CC2)C1O5. The third kappa shape index (κ3) is 4.20. The van der Waals surface area contributed by atoms with E-state index in [1.54, 1.807) is 19.2 Å². The third-order valence-corrected chi connectivity index (χ3v) is 10.4. The zero-order valence-corrected chi connectivity index (χ0v) is 23.5. The normalized spacial score (nSPS) is 30.9. The number of rotatable bonds is 7. The van der Waals surface area contributed by atoms with Crippen LogP contribution in [0.5, 0.6) is 17.2 Å². The highest BCUT2D eigenvalue weighted by Crippen LogP contribution is 2.67. The number of carbonyl (C=O) groups is 1. The maximum absolute atomic E-state index is 13.5. The molecule has 2 aromatic rings. The number of halogens is 3. The average Bonchev–Trinajstić information content (AvgIpc) is 3.70. The molecule has 3 fully saturated rings. The summed E-state index contributed by atoms with van der Waals surface area (Å²) in [6.45, 7) is 1.51. The van der Waals surface area contributed by atoms with Gasteiger partial charge in [0.1, 0.15) is 17.3 Å². The second kappa shape index (κ2) is 9.60. The van der Waals surface area contributed by atoms with Gasteiger partial charge in [-0.3, -0.25) is 19.8 Å². The fraction of sp³-hybridized carbons (Fsp3) is 0.516. The number of hydrogen-bond donors (Lipinski definition) is 1. The Morgan fingerprint density at radius 1 is 1.26 bits per heavy atom. The Balaban J connectivity index is 1.22. The van der Waals surface area contributed by atoms with Crippen molar-refractivity contribution in [3.63, 3.8) is 0 Å². The molecule has 228 valence electrons. The number of amides is 1. The van der Waals surface area contributed by atoms with Crippen molar-refractivity contribution in [2.75, 3.05) is 20.1 Å². The summed E-state index contributed by atoms with van der Waals surface area (Å²) < 4.78 is 48.5. The summed E-state index contributed by atoms with van der Waals surface area (Å²) in [5.74, 6) is -0.0251. The van der Waals surface area contributed by atoms with Crippen molar-refractivity contribution in [1.29, 1.82) is 0 Å².